The highest BCUT2D eigenvalue weighted by atomic mass is 16.5. The summed E-state index contributed by atoms with van der Waals surface area (Å²) in [4.78, 5) is 4.80. The number of nitrogens with zero attached hydrogens (tertiary/aromatic N) is 2. The van der Waals surface area contributed by atoms with Gasteiger partial charge in [-0.15, -0.1) is 0 Å². The van der Waals surface area contributed by atoms with Crippen LogP contribution in [0.1, 0.15) is 18.5 Å². The Balaban J connectivity index is 1.50. The molecule has 1 fully saturated rings. The van der Waals surface area contributed by atoms with Crippen molar-refractivity contribution in [2.24, 2.45) is 0 Å². The van der Waals surface area contributed by atoms with Crippen molar-refractivity contribution in [2.45, 2.75) is 19.1 Å². The smallest absolute Gasteiger partial charge is 0.119 e. The molecular formula is C22H30N2O3. The molecule has 0 spiro atoms. The molecule has 146 valence electrons. The van der Waals surface area contributed by atoms with Crippen molar-refractivity contribution in [3.05, 3.63) is 60.2 Å². The van der Waals surface area contributed by atoms with E-state index in [0.717, 1.165) is 49.8 Å². The number of ether oxygens (including phenoxy) is 2. The van der Waals surface area contributed by atoms with Gasteiger partial charge in [0.1, 0.15) is 18.1 Å². The molecule has 0 bridgehead atoms. The SMILES string of the molecule is COc1ccc(C(C(C)O)N2CCN(CCOc3ccccc3)CC2)cc1. The largest absolute Gasteiger partial charge is 0.497 e. The molecular weight excluding hydrogens is 340 g/mol. The van der Waals surface area contributed by atoms with Gasteiger partial charge in [-0.05, 0) is 36.8 Å². The minimum atomic E-state index is -0.425. The summed E-state index contributed by atoms with van der Waals surface area (Å²) in [6.07, 6.45) is -0.425. The molecule has 1 aliphatic rings. The first-order chi connectivity index (χ1) is 13.2. The van der Waals surface area contributed by atoms with Gasteiger partial charge in [0.2, 0.25) is 0 Å². The van der Waals surface area contributed by atoms with Crippen LogP contribution in [0.5, 0.6) is 11.5 Å². The molecule has 1 aliphatic heterocycles. The van der Waals surface area contributed by atoms with Gasteiger partial charge in [0.25, 0.3) is 0 Å². The van der Waals surface area contributed by atoms with Crippen molar-refractivity contribution in [1.82, 2.24) is 9.80 Å². The van der Waals surface area contributed by atoms with E-state index in [1.54, 1.807) is 7.11 Å². The molecule has 0 aliphatic carbocycles. The van der Waals surface area contributed by atoms with Gasteiger partial charge in [-0.25, -0.2) is 0 Å². The van der Waals surface area contributed by atoms with Crippen molar-refractivity contribution < 1.29 is 14.6 Å². The van der Waals surface area contributed by atoms with Gasteiger partial charge in [-0.2, -0.15) is 0 Å². The van der Waals surface area contributed by atoms with Crippen LogP contribution in [0.4, 0.5) is 0 Å². The van der Waals surface area contributed by atoms with E-state index in [4.69, 9.17) is 9.47 Å². The minimum Gasteiger partial charge on any atom is -0.497 e. The molecule has 1 heterocycles. The predicted octanol–water partition coefficient (Wildman–Crippen LogP) is 2.81. The molecule has 3 rings (SSSR count). The third-order valence-electron chi connectivity index (χ3n) is 5.13. The fourth-order valence-electron chi connectivity index (χ4n) is 3.67. The quantitative estimate of drug-likeness (QED) is 0.774. The number of para-hydroxylation sites is 1. The Hall–Kier alpha value is -2.08. The lowest BCUT2D eigenvalue weighted by atomic mass is 9.99. The van der Waals surface area contributed by atoms with Gasteiger partial charge in [-0.1, -0.05) is 30.3 Å². The van der Waals surface area contributed by atoms with Crippen LogP contribution >= 0.6 is 0 Å². The maximum Gasteiger partial charge on any atom is 0.119 e. The molecule has 27 heavy (non-hydrogen) atoms. The van der Waals surface area contributed by atoms with E-state index < -0.39 is 6.10 Å². The van der Waals surface area contributed by atoms with Crippen LogP contribution in [0.2, 0.25) is 0 Å². The lowest BCUT2D eigenvalue weighted by Gasteiger charge is -2.40. The van der Waals surface area contributed by atoms with Crippen LogP contribution in [0, 0.1) is 0 Å². The molecule has 2 atom stereocenters. The predicted molar refractivity (Wildman–Crippen MR) is 107 cm³/mol. The van der Waals surface area contributed by atoms with Crippen LogP contribution in [-0.4, -0.2) is 67.5 Å². The van der Waals surface area contributed by atoms with E-state index in [1.165, 1.54) is 0 Å². The van der Waals surface area contributed by atoms with Crippen LogP contribution in [0.3, 0.4) is 0 Å². The third-order valence-corrected chi connectivity index (χ3v) is 5.13. The Bertz CT molecular complexity index is 668. The lowest BCUT2D eigenvalue weighted by molar-refractivity contribution is 0.0234. The summed E-state index contributed by atoms with van der Waals surface area (Å²) in [5.41, 5.74) is 1.13. The first-order valence-electron chi connectivity index (χ1n) is 9.63. The molecule has 1 N–H and O–H groups in total. The molecule has 2 aromatic carbocycles. The maximum atomic E-state index is 10.4. The molecule has 0 saturated carbocycles. The fourth-order valence-corrected chi connectivity index (χ4v) is 3.67. The van der Waals surface area contributed by atoms with Crippen molar-refractivity contribution in [3.8, 4) is 11.5 Å². The van der Waals surface area contributed by atoms with Crippen molar-refractivity contribution in [3.63, 3.8) is 0 Å². The number of aliphatic hydroxyl groups is 1. The summed E-state index contributed by atoms with van der Waals surface area (Å²) in [6, 6.07) is 18.0. The standard InChI is InChI=1S/C22H30N2O3/c1-18(25)22(19-8-10-20(26-2)11-9-19)24-14-12-23(13-15-24)16-17-27-21-6-4-3-5-7-21/h3-11,18,22,25H,12-17H2,1-2H3. The number of piperazine rings is 1. The summed E-state index contributed by atoms with van der Waals surface area (Å²) < 4.78 is 11.0. The van der Waals surface area contributed by atoms with E-state index >= 15 is 0 Å². The minimum absolute atomic E-state index is 0.0126. The molecule has 5 heteroatoms. The monoisotopic (exact) mass is 370 g/mol. The molecule has 5 nitrogen and oxygen atoms in total. The highest BCUT2D eigenvalue weighted by molar-refractivity contribution is 5.29. The van der Waals surface area contributed by atoms with E-state index in [-0.39, 0.29) is 6.04 Å². The van der Waals surface area contributed by atoms with Crippen LogP contribution in [0.15, 0.2) is 54.6 Å². The van der Waals surface area contributed by atoms with Crippen molar-refractivity contribution >= 4 is 0 Å². The average Bonchev–Trinajstić information content (AvgIpc) is 2.70. The van der Waals surface area contributed by atoms with Crippen LogP contribution < -0.4 is 9.47 Å². The summed E-state index contributed by atoms with van der Waals surface area (Å²) >= 11 is 0. The zero-order valence-corrected chi connectivity index (χ0v) is 16.3. The lowest BCUT2D eigenvalue weighted by Crippen LogP contribution is -2.50. The first kappa shape index (κ1) is 19.7. The second-order valence-corrected chi connectivity index (χ2v) is 7.00. The number of aliphatic hydroxyl groups excluding tert-OH is 1. The van der Waals surface area contributed by atoms with E-state index in [1.807, 2.05) is 49.4 Å². The molecule has 2 aromatic rings. The Morgan fingerprint density at radius 1 is 0.926 bits per heavy atom. The topological polar surface area (TPSA) is 45.2 Å². The second-order valence-electron chi connectivity index (χ2n) is 7.00. The fraction of sp³-hybridized carbons (Fsp3) is 0.455. The number of benzene rings is 2. The molecule has 0 aromatic heterocycles. The highest BCUT2D eigenvalue weighted by Gasteiger charge is 2.28. The number of hydrogen-bond donors (Lipinski definition) is 1. The molecule has 1 saturated heterocycles. The summed E-state index contributed by atoms with van der Waals surface area (Å²) in [7, 11) is 1.67. The second kappa shape index (κ2) is 9.74. The maximum absolute atomic E-state index is 10.4. The van der Waals surface area contributed by atoms with Gasteiger partial charge >= 0.3 is 0 Å². The van der Waals surface area contributed by atoms with Gasteiger partial charge in [0.05, 0.1) is 19.3 Å². The van der Waals surface area contributed by atoms with Crippen LogP contribution in [-0.2, 0) is 0 Å². The zero-order valence-electron chi connectivity index (χ0n) is 16.3. The Morgan fingerprint density at radius 2 is 1.59 bits per heavy atom. The normalized spacial score (nSPS) is 18.0. The third kappa shape index (κ3) is 5.45. The Kier molecular flexibility index (Phi) is 7.10. The first-order valence-corrected chi connectivity index (χ1v) is 9.63. The van der Waals surface area contributed by atoms with Crippen molar-refractivity contribution in [2.75, 3.05) is 46.4 Å². The molecule has 0 amide bonds. The number of methoxy groups -OCH3 is 1. The van der Waals surface area contributed by atoms with Crippen molar-refractivity contribution in [1.29, 1.82) is 0 Å². The Morgan fingerprint density at radius 3 is 2.19 bits per heavy atom. The summed E-state index contributed by atoms with van der Waals surface area (Å²) in [6.45, 7) is 7.33. The Labute approximate surface area is 162 Å². The van der Waals surface area contributed by atoms with Gasteiger partial charge in [0, 0.05) is 32.7 Å². The highest BCUT2D eigenvalue weighted by Crippen LogP contribution is 2.27. The number of hydrogen-bond acceptors (Lipinski definition) is 5. The summed E-state index contributed by atoms with van der Waals surface area (Å²) in [5, 5.41) is 10.4. The summed E-state index contributed by atoms with van der Waals surface area (Å²) in [5.74, 6) is 1.76. The van der Waals surface area contributed by atoms with Gasteiger partial charge < -0.3 is 14.6 Å². The van der Waals surface area contributed by atoms with E-state index in [9.17, 15) is 5.11 Å². The van der Waals surface area contributed by atoms with Gasteiger partial charge in [0.15, 0.2) is 0 Å². The van der Waals surface area contributed by atoms with E-state index in [2.05, 4.69) is 21.9 Å². The average molecular weight is 370 g/mol. The molecule has 0 radical (unpaired) electrons. The van der Waals surface area contributed by atoms with E-state index in [0.29, 0.717) is 6.61 Å². The number of rotatable bonds is 8. The van der Waals surface area contributed by atoms with Crippen LogP contribution in [0.25, 0.3) is 0 Å². The molecule has 2 unspecified atom stereocenters. The zero-order chi connectivity index (χ0) is 19.1. The van der Waals surface area contributed by atoms with Gasteiger partial charge in [-0.3, -0.25) is 9.80 Å².